The molecule has 0 spiro atoms. The molecule has 3 heterocycles. The third-order valence-electron chi connectivity index (χ3n) is 5.93. The van der Waals surface area contributed by atoms with Gasteiger partial charge in [0.2, 0.25) is 5.91 Å². The van der Waals surface area contributed by atoms with E-state index in [0.29, 0.717) is 38.0 Å². The lowest BCUT2D eigenvalue weighted by atomic mass is 10.1. The topological polar surface area (TPSA) is 93.3 Å². The minimum Gasteiger partial charge on any atom is -0.361 e. The fraction of sp³-hybridized carbons (Fsp3) is 0.391. The Hall–Kier alpha value is -3.42. The number of hydrogen-bond donors (Lipinski definition) is 1. The van der Waals surface area contributed by atoms with Crippen LogP contribution in [-0.2, 0) is 18.4 Å². The normalized spacial score (nSPS) is 16.9. The van der Waals surface area contributed by atoms with E-state index in [1.165, 1.54) is 0 Å². The van der Waals surface area contributed by atoms with Crippen molar-refractivity contribution in [2.24, 2.45) is 7.05 Å². The van der Waals surface area contributed by atoms with Crippen LogP contribution in [0.3, 0.4) is 0 Å². The molecule has 2 amide bonds. The zero-order chi connectivity index (χ0) is 22.0. The van der Waals surface area contributed by atoms with Crippen LogP contribution in [0.5, 0.6) is 0 Å². The third-order valence-corrected chi connectivity index (χ3v) is 5.93. The first-order valence-corrected chi connectivity index (χ1v) is 10.5. The first-order chi connectivity index (χ1) is 14.9. The molecule has 1 N–H and O–H groups in total. The summed E-state index contributed by atoms with van der Waals surface area (Å²) in [5, 5.41) is 7.07. The molecule has 2 aromatic heterocycles. The van der Waals surface area contributed by atoms with Crippen LogP contribution >= 0.6 is 0 Å². The molecule has 1 saturated heterocycles. The SMILES string of the molecule is Cc1noc(C)c1CN1CCC(NC(=O)c2cnc(-c3ccccc3)n2C)CCC1=O. The summed E-state index contributed by atoms with van der Waals surface area (Å²) in [5.74, 6) is 1.40. The lowest BCUT2D eigenvalue weighted by Crippen LogP contribution is -2.36. The summed E-state index contributed by atoms with van der Waals surface area (Å²) in [4.78, 5) is 31.8. The van der Waals surface area contributed by atoms with Gasteiger partial charge < -0.3 is 19.3 Å². The highest BCUT2D eigenvalue weighted by Gasteiger charge is 2.26. The molecule has 0 bridgehead atoms. The number of imidazole rings is 1. The van der Waals surface area contributed by atoms with Gasteiger partial charge in [0.25, 0.3) is 5.91 Å². The van der Waals surface area contributed by atoms with Gasteiger partial charge in [-0.25, -0.2) is 4.98 Å². The minimum absolute atomic E-state index is 0.0683. The molecule has 1 fully saturated rings. The Labute approximate surface area is 181 Å². The lowest BCUT2D eigenvalue weighted by molar-refractivity contribution is -0.131. The number of nitrogens with one attached hydrogen (secondary N) is 1. The van der Waals surface area contributed by atoms with Crippen molar-refractivity contribution in [3.8, 4) is 11.4 Å². The predicted octanol–water partition coefficient (Wildman–Crippen LogP) is 3.00. The second kappa shape index (κ2) is 8.75. The van der Waals surface area contributed by atoms with Crippen LogP contribution in [0.4, 0.5) is 0 Å². The van der Waals surface area contributed by atoms with Crippen LogP contribution in [0.25, 0.3) is 11.4 Å². The molecule has 1 atom stereocenters. The number of likely N-dealkylation sites (tertiary alicyclic amines) is 1. The molecular formula is C23H27N5O3. The van der Waals surface area contributed by atoms with E-state index in [1.807, 2.05) is 56.1 Å². The number of nitrogens with zero attached hydrogens (tertiary/aromatic N) is 4. The molecule has 8 heteroatoms. The van der Waals surface area contributed by atoms with Gasteiger partial charge in [-0.3, -0.25) is 9.59 Å². The molecule has 0 radical (unpaired) electrons. The first kappa shape index (κ1) is 20.8. The molecule has 1 aromatic carbocycles. The van der Waals surface area contributed by atoms with Crippen molar-refractivity contribution in [1.82, 2.24) is 24.9 Å². The fourth-order valence-corrected chi connectivity index (χ4v) is 4.00. The van der Waals surface area contributed by atoms with Crippen LogP contribution < -0.4 is 5.32 Å². The van der Waals surface area contributed by atoms with Gasteiger partial charge in [0.15, 0.2) is 0 Å². The Kier molecular flexibility index (Phi) is 5.88. The largest absolute Gasteiger partial charge is 0.361 e. The highest BCUT2D eigenvalue weighted by atomic mass is 16.5. The number of aryl methyl sites for hydroxylation is 2. The van der Waals surface area contributed by atoms with Gasteiger partial charge in [0, 0.05) is 37.2 Å². The Morgan fingerprint density at radius 1 is 1.23 bits per heavy atom. The van der Waals surface area contributed by atoms with Gasteiger partial charge in [-0.15, -0.1) is 0 Å². The standard InChI is InChI=1S/C23H27N5O3/c1-15-19(16(2)31-26-15)14-28-12-11-18(9-10-21(28)29)25-23(30)20-13-24-22(27(20)3)17-7-5-4-6-8-17/h4-8,13,18H,9-12,14H2,1-3H3,(H,25,30). The Balaban J connectivity index is 1.41. The average molecular weight is 422 g/mol. The highest BCUT2D eigenvalue weighted by Crippen LogP contribution is 2.21. The van der Waals surface area contributed by atoms with Crippen molar-refractivity contribution < 1.29 is 14.1 Å². The zero-order valence-electron chi connectivity index (χ0n) is 18.1. The fourth-order valence-electron chi connectivity index (χ4n) is 4.00. The van der Waals surface area contributed by atoms with E-state index >= 15 is 0 Å². The number of aromatic nitrogens is 3. The molecule has 4 rings (SSSR count). The van der Waals surface area contributed by atoms with Crippen LogP contribution in [0, 0.1) is 13.8 Å². The monoisotopic (exact) mass is 421 g/mol. The summed E-state index contributed by atoms with van der Waals surface area (Å²) >= 11 is 0. The van der Waals surface area contributed by atoms with Crippen molar-refractivity contribution in [3.63, 3.8) is 0 Å². The molecule has 1 aliphatic rings. The second-order valence-electron chi connectivity index (χ2n) is 8.01. The molecule has 0 aliphatic carbocycles. The van der Waals surface area contributed by atoms with Gasteiger partial charge in [-0.05, 0) is 26.7 Å². The van der Waals surface area contributed by atoms with Gasteiger partial charge in [0.1, 0.15) is 17.3 Å². The molecule has 1 aliphatic heterocycles. The molecule has 31 heavy (non-hydrogen) atoms. The third kappa shape index (κ3) is 4.38. The summed E-state index contributed by atoms with van der Waals surface area (Å²) in [5.41, 5.74) is 3.23. The van der Waals surface area contributed by atoms with Crippen molar-refractivity contribution >= 4 is 11.8 Å². The van der Waals surface area contributed by atoms with Crippen LogP contribution in [0.15, 0.2) is 41.1 Å². The van der Waals surface area contributed by atoms with Crippen LogP contribution in [-0.4, -0.2) is 44.0 Å². The lowest BCUT2D eigenvalue weighted by Gasteiger charge is -2.21. The maximum Gasteiger partial charge on any atom is 0.269 e. The molecule has 3 aromatic rings. The maximum atomic E-state index is 12.9. The summed E-state index contributed by atoms with van der Waals surface area (Å²) < 4.78 is 7.02. The van der Waals surface area contributed by atoms with Crippen molar-refractivity contribution in [2.75, 3.05) is 6.54 Å². The second-order valence-corrected chi connectivity index (χ2v) is 8.01. The van der Waals surface area contributed by atoms with Crippen molar-refractivity contribution in [1.29, 1.82) is 0 Å². The smallest absolute Gasteiger partial charge is 0.269 e. The van der Waals surface area contributed by atoms with E-state index in [-0.39, 0.29) is 17.9 Å². The molecule has 0 saturated carbocycles. The van der Waals surface area contributed by atoms with E-state index in [0.717, 1.165) is 28.4 Å². The predicted molar refractivity (Wildman–Crippen MR) is 115 cm³/mol. The minimum atomic E-state index is -0.172. The maximum absolute atomic E-state index is 12.9. The van der Waals surface area contributed by atoms with Crippen molar-refractivity contribution in [3.05, 3.63) is 59.2 Å². The van der Waals surface area contributed by atoms with E-state index in [2.05, 4.69) is 15.5 Å². The summed E-state index contributed by atoms with van der Waals surface area (Å²) in [6.07, 6.45) is 3.31. The van der Waals surface area contributed by atoms with Gasteiger partial charge in [0.05, 0.1) is 18.4 Å². The number of rotatable bonds is 5. The molecule has 8 nitrogen and oxygen atoms in total. The Bertz CT molecular complexity index is 1070. The van der Waals surface area contributed by atoms with E-state index in [4.69, 9.17) is 4.52 Å². The number of carbonyl (C=O) groups is 2. The van der Waals surface area contributed by atoms with Crippen LogP contribution in [0.2, 0.25) is 0 Å². The molecule has 162 valence electrons. The molecule has 1 unspecified atom stereocenters. The van der Waals surface area contributed by atoms with Crippen molar-refractivity contribution in [2.45, 2.75) is 45.7 Å². The van der Waals surface area contributed by atoms with Gasteiger partial charge >= 0.3 is 0 Å². The highest BCUT2D eigenvalue weighted by molar-refractivity contribution is 5.93. The molecular weight excluding hydrogens is 394 g/mol. The van der Waals surface area contributed by atoms with E-state index < -0.39 is 0 Å². The number of carbonyl (C=O) groups excluding carboxylic acids is 2. The quantitative estimate of drug-likeness (QED) is 0.684. The number of amides is 2. The Morgan fingerprint density at radius 2 is 2.00 bits per heavy atom. The van der Waals surface area contributed by atoms with Gasteiger partial charge in [-0.2, -0.15) is 0 Å². The first-order valence-electron chi connectivity index (χ1n) is 10.5. The van der Waals surface area contributed by atoms with Crippen LogP contribution in [0.1, 0.15) is 46.8 Å². The van der Waals surface area contributed by atoms with E-state index in [9.17, 15) is 9.59 Å². The van der Waals surface area contributed by atoms with E-state index in [1.54, 1.807) is 10.8 Å². The summed E-state index contributed by atoms with van der Waals surface area (Å²) in [6, 6.07) is 9.70. The van der Waals surface area contributed by atoms with Gasteiger partial charge in [-0.1, -0.05) is 35.5 Å². The average Bonchev–Trinajstić information content (AvgIpc) is 3.25. The summed E-state index contributed by atoms with van der Waals surface area (Å²) in [7, 11) is 1.84. The summed E-state index contributed by atoms with van der Waals surface area (Å²) in [6.45, 7) is 4.81. The zero-order valence-corrected chi connectivity index (χ0v) is 18.1. The Morgan fingerprint density at radius 3 is 2.71 bits per heavy atom. The number of hydrogen-bond acceptors (Lipinski definition) is 5. The number of benzene rings is 1.